The molecule has 3 aliphatic rings. The van der Waals surface area contributed by atoms with Gasteiger partial charge < -0.3 is 5.32 Å². The Balaban J connectivity index is 1.62. The van der Waals surface area contributed by atoms with Crippen LogP contribution in [0.3, 0.4) is 0 Å². The van der Waals surface area contributed by atoms with E-state index in [0.29, 0.717) is 0 Å². The lowest BCUT2D eigenvalue weighted by atomic mass is 9.76. The number of rotatable bonds is 3. The second-order valence-electron chi connectivity index (χ2n) is 7.07. The first-order valence-corrected chi connectivity index (χ1v) is 8.87. The van der Waals surface area contributed by atoms with Gasteiger partial charge in [-0.05, 0) is 64.0 Å². The van der Waals surface area contributed by atoms with Crippen molar-refractivity contribution in [3.63, 3.8) is 0 Å². The minimum absolute atomic E-state index is 0.799. The van der Waals surface area contributed by atoms with E-state index in [1.54, 1.807) is 0 Å². The van der Waals surface area contributed by atoms with Gasteiger partial charge in [0.2, 0.25) is 0 Å². The van der Waals surface area contributed by atoms with Crippen LogP contribution in [0.15, 0.2) is 0 Å². The van der Waals surface area contributed by atoms with Gasteiger partial charge in [-0.2, -0.15) is 0 Å². The molecule has 0 radical (unpaired) electrons. The largest absolute Gasteiger partial charge is 0.314 e. The summed E-state index contributed by atoms with van der Waals surface area (Å²) in [5.74, 6) is 1.04. The summed E-state index contributed by atoms with van der Waals surface area (Å²) in [4.78, 5) is 2.96. The molecule has 0 aromatic heterocycles. The molecule has 2 aliphatic carbocycles. The number of fused-ring (bicyclic) bond motifs is 1. The van der Waals surface area contributed by atoms with Crippen molar-refractivity contribution in [3.05, 3.63) is 0 Å². The summed E-state index contributed by atoms with van der Waals surface area (Å²) >= 11 is 0. The van der Waals surface area contributed by atoms with Crippen LogP contribution in [0.1, 0.15) is 71.1 Å². The van der Waals surface area contributed by atoms with Crippen LogP contribution in [0.5, 0.6) is 0 Å². The van der Waals surface area contributed by atoms with Crippen molar-refractivity contribution in [2.75, 3.05) is 13.1 Å². The van der Waals surface area contributed by atoms with Crippen LogP contribution in [-0.4, -0.2) is 36.1 Å². The van der Waals surface area contributed by atoms with E-state index in [1.165, 1.54) is 70.8 Å². The van der Waals surface area contributed by atoms with Gasteiger partial charge in [-0.3, -0.25) is 4.90 Å². The smallest absolute Gasteiger partial charge is 0.0126 e. The van der Waals surface area contributed by atoms with Crippen LogP contribution >= 0.6 is 0 Å². The summed E-state index contributed by atoms with van der Waals surface area (Å²) < 4.78 is 0. The maximum absolute atomic E-state index is 3.70. The molecule has 4 unspecified atom stereocenters. The third kappa shape index (κ3) is 3.16. The Morgan fingerprint density at radius 2 is 1.79 bits per heavy atom. The number of hydrogen-bond acceptors (Lipinski definition) is 2. The maximum atomic E-state index is 3.70. The molecule has 0 amide bonds. The molecule has 0 aromatic carbocycles. The van der Waals surface area contributed by atoms with Crippen LogP contribution in [-0.2, 0) is 0 Å². The molecule has 110 valence electrons. The second kappa shape index (κ2) is 6.58. The Labute approximate surface area is 119 Å². The zero-order valence-electron chi connectivity index (χ0n) is 12.7. The quantitative estimate of drug-likeness (QED) is 0.838. The average molecular weight is 264 g/mol. The van der Waals surface area contributed by atoms with Crippen molar-refractivity contribution in [1.29, 1.82) is 0 Å². The molecule has 1 saturated heterocycles. The lowest BCUT2D eigenvalue weighted by molar-refractivity contribution is 0.00867. The Morgan fingerprint density at radius 1 is 0.947 bits per heavy atom. The summed E-state index contributed by atoms with van der Waals surface area (Å²) in [5, 5.41) is 3.70. The third-order valence-corrected chi connectivity index (χ3v) is 5.89. The van der Waals surface area contributed by atoms with Crippen molar-refractivity contribution in [1.82, 2.24) is 10.2 Å². The molecular formula is C17H32N2. The molecule has 1 N–H and O–H groups in total. The number of likely N-dealkylation sites (tertiary alicyclic amines) is 1. The van der Waals surface area contributed by atoms with Gasteiger partial charge in [-0.1, -0.05) is 26.2 Å². The van der Waals surface area contributed by atoms with E-state index in [2.05, 4.69) is 17.1 Å². The number of nitrogens with one attached hydrogen (secondary N) is 1. The molecule has 3 rings (SSSR count). The fraction of sp³-hybridized carbons (Fsp3) is 1.00. The summed E-state index contributed by atoms with van der Waals surface area (Å²) in [7, 11) is 0. The predicted octanol–water partition coefficient (Wildman–Crippen LogP) is 3.56. The van der Waals surface area contributed by atoms with Crippen molar-refractivity contribution in [3.8, 4) is 0 Å². The van der Waals surface area contributed by atoms with E-state index in [0.717, 1.165) is 30.6 Å². The van der Waals surface area contributed by atoms with Crippen LogP contribution in [0, 0.1) is 5.92 Å². The Bertz CT molecular complexity index is 274. The molecule has 1 heterocycles. The molecule has 0 bridgehead atoms. The third-order valence-electron chi connectivity index (χ3n) is 5.89. The van der Waals surface area contributed by atoms with E-state index < -0.39 is 0 Å². The first-order chi connectivity index (χ1) is 9.38. The van der Waals surface area contributed by atoms with E-state index in [4.69, 9.17) is 0 Å². The molecular weight excluding hydrogens is 232 g/mol. The van der Waals surface area contributed by atoms with Crippen molar-refractivity contribution < 1.29 is 0 Å². The highest BCUT2D eigenvalue weighted by Crippen LogP contribution is 2.38. The van der Waals surface area contributed by atoms with Gasteiger partial charge in [-0.15, -0.1) is 0 Å². The fourth-order valence-electron chi connectivity index (χ4n) is 5.06. The number of hydrogen-bond donors (Lipinski definition) is 1. The minimum atomic E-state index is 0.799. The normalized spacial score (nSPS) is 40.9. The van der Waals surface area contributed by atoms with E-state index >= 15 is 0 Å². The molecule has 0 spiro atoms. The number of nitrogens with zero attached hydrogens (tertiary/aromatic N) is 1. The lowest BCUT2D eigenvalue weighted by Gasteiger charge is -2.49. The average Bonchev–Trinajstić information content (AvgIpc) is 2.47. The zero-order valence-corrected chi connectivity index (χ0v) is 12.7. The summed E-state index contributed by atoms with van der Waals surface area (Å²) in [6, 6.07) is 2.64. The van der Waals surface area contributed by atoms with E-state index in [-0.39, 0.29) is 0 Å². The minimum Gasteiger partial charge on any atom is -0.314 e. The van der Waals surface area contributed by atoms with Gasteiger partial charge in [0.15, 0.2) is 0 Å². The first kappa shape index (κ1) is 13.9. The molecule has 2 saturated carbocycles. The molecule has 1 aliphatic heterocycles. The summed E-state index contributed by atoms with van der Waals surface area (Å²) in [6.45, 7) is 4.79. The predicted molar refractivity (Wildman–Crippen MR) is 81.4 cm³/mol. The van der Waals surface area contributed by atoms with Crippen LogP contribution in [0.4, 0.5) is 0 Å². The van der Waals surface area contributed by atoms with E-state index in [9.17, 15) is 0 Å². The van der Waals surface area contributed by atoms with Gasteiger partial charge in [0, 0.05) is 18.1 Å². The molecule has 3 fully saturated rings. The summed E-state index contributed by atoms with van der Waals surface area (Å²) in [6.07, 6.45) is 14.7. The Morgan fingerprint density at radius 3 is 2.68 bits per heavy atom. The number of piperidine rings is 1. The van der Waals surface area contributed by atoms with Crippen LogP contribution < -0.4 is 5.32 Å². The SMILES string of the molecule is CCNC1CCCC(N2CCCC3CCCCC32)C1. The topological polar surface area (TPSA) is 15.3 Å². The lowest BCUT2D eigenvalue weighted by Crippen LogP contribution is -2.54. The maximum Gasteiger partial charge on any atom is 0.0126 e. The zero-order chi connectivity index (χ0) is 13.1. The van der Waals surface area contributed by atoms with E-state index in [1.807, 2.05) is 0 Å². The molecule has 4 atom stereocenters. The fourth-order valence-corrected chi connectivity index (χ4v) is 5.06. The van der Waals surface area contributed by atoms with Crippen LogP contribution in [0.25, 0.3) is 0 Å². The Hall–Kier alpha value is -0.0800. The highest BCUT2D eigenvalue weighted by molar-refractivity contribution is 4.93. The first-order valence-electron chi connectivity index (χ1n) is 8.87. The van der Waals surface area contributed by atoms with Gasteiger partial charge >= 0.3 is 0 Å². The van der Waals surface area contributed by atoms with Crippen molar-refractivity contribution in [2.45, 2.75) is 89.3 Å². The van der Waals surface area contributed by atoms with Gasteiger partial charge in [0.1, 0.15) is 0 Å². The highest BCUT2D eigenvalue weighted by Gasteiger charge is 2.37. The molecule has 19 heavy (non-hydrogen) atoms. The highest BCUT2D eigenvalue weighted by atomic mass is 15.2. The second-order valence-corrected chi connectivity index (χ2v) is 7.07. The Kier molecular flexibility index (Phi) is 4.81. The molecule has 2 nitrogen and oxygen atoms in total. The van der Waals surface area contributed by atoms with Gasteiger partial charge in [-0.25, -0.2) is 0 Å². The van der Waals surface area contributed by atoms with Crippen LogP contribution in [0.2, 0.25) is 0 Å². The molecule has 2 heteroatoms. The summed E-state index contributed by atoms with van der Waals surface area (Å²) in [5.41, 5.74) is 0. The van der Waals surface area contributed by atoms with Crippen molar-refractivity contribution >= 4 is 0 Å². The van der Waals surface area contributed by atoms with Gasteiger partial charge in [0.25, 0.3) is 0 Å². The van der Waals surface area contributed by atoms with Gasteiger partial charge in [0.05, 0.1) is 0 Å². The molecule has 0 aromatic rings. The standard InChI is InChI=1S/C17H32N2/c1-2-18-15-9-5-10-16(13-15)19-12-6-8-14-7-3-4-11-17(14)19/h14-18H,2-13H2,1H3. The van der Waals surface area contributed by atoms with Crippen molar-refractivity contribution in [2.24, 2.45) is 5.92 Å². The monoisotopic (exact) mass is 264 g/mol.